The standard InChI is InChI=1S/C16H16BrF2NO/c1-3-21-10-5-6-11(12(17)8-10)16(20)14-13(18)7-4-9(2)15(14)19/h4-8,16H,3,20H2,1-2H3. The van der Waals surface area contributed by atoms with Gasteiger partial charge in [-0.1, -0.05) is 28.1 Å². The summed E-state index contributed by atoms with van der Waals surface area (Å²) in [7, 11) is 0. The number of ether oxygens (including phenoxy) is 1. The molecule has 0 saturated carbocycles. The molecule has 112 valence electrons. The number of hydrogen-bond acceptors (Lipinski definition) is 2. The van der Waals surface area contributed by atoms with Crippen molar-refractivity contribution in [3.05, 3.63) is 63.1 Å². The normalized spacial score (nSPS) is 12.3. The molecule has 0 radical (unpaired) electrons. The average Bonchev–Trinajstić information content (AvgIpc) is 2.44. The van der Waals surface area contributed by atoms with Crippen LogP contribution in [0, 0.1) is 18.6 Å². The summed E-state index contributed by atoms with van der Waals surface area (Å²) in [4.78, 5) is 0. The van der Waals surface area contributed by atoms with E-state index in [2.05, 4.69) is 15.9 Å². The molecule has 0 saturated heterocycles. The zero-order chi connectivity index (χ0) is 15.6. The van der Waals surface area contributed by atoms with Gasteiger partial charge in [0.05, 0.1) is 12.6 Å². The fourth-order valence-electron chi connectivity index (χ4n) is 2.14. The number of nitrogens with two attached hydrogens (primary N) is 1. The molecule has 2 nitrogen and oxygen atoms in total. The number of rotatable bonds is 4. The Hall–Kier alpha value is -1.46. The molecule has 1 atom stereocenters. The quantitative estimate of drug-likeness (QED) is 0.877. The van der Waals surface area contributed by atoms with Crippen LogP contribution in [0.3, 0.4) is 0 Å². The second-order valence-corrected chi connectivity index (χ2v) is 5.54. The second-order valence-electron chi connectivity index (χ2n) is 4.69. The average molecular weight is 356 g/mol. The molecule has 0 aliphatic rings. The van der Waals surface area contributed by atoms with Crippen LogP contribution in [0.5, 0.6) is 5.75 Å². The van der Waals surface area contributed by atoms with E-state index in [1.165, 1.54) is 12.1 Å². The molecule has 0 fully saturated rings. The van der Waals surface area contributed by atoms with E-state index in [1.54, 1.807) is 25.1 Å². The van der Waals surface area contributed by atoms with Crippen LogP contribution in [0.2, 0.25) is 0 Å². The minimum absolute atomic E-state index is 0.125. The summed E-state index contributed by atoms with van der Waals surface area (Å²) in [6, 6.07) is 6.92. The zero-order valence-electron chi connectivity index (χ0n) is 11.8. The van der Waals surface area contributed by atoms with Crippen molar-refractivity contribution in [2.45, 2.75) is 19.9 Å². The zero-order valence-corrected chi connectivity index (χ0v) is 13.4. The molecule has 0 spiro atoms. The molecule has 0 amide bonds. The lowest BCUT2D eigenvalue weighted by molar-refractivity contribution is 0.340. The van der Waals surface area contributed by atoms with Crippen molar-refractivity contribution in [2.75, 3.05) is 6.61 Å². The number of aryl methyl sites for hydroxylation is 1. The monoisotopic (exact) mass is 355 g/mol. The molecule has 2 N–H and O–H groups in total. The van der Waals surface area contributed by atoms with Gasteiger partial charge in [-0.25, -0.2) is 8.78 Å². The topological polar surface area (TPSA) is 35.2 Å². The number of hydrogen-bond donors (Lipinski definition) is 1. The Labute approximate surface area is 131 Å². The van der Waals surface area contributed by atoms with E-state index in [0.717, 1.165) is 0 Å². The first-order chi connectivity index (χ1) is 9.95. The predicted molar refractivity (Wildman–Crippen MR) is 82.4 cm³/mol. The van der Waals surface area contributed by atoms with Crippen LogP contribution in [0.25, 0.3) is 0 Å². The fraction of sp³-hybridized carbons (Fsp3) is 0.250. The maximum atomic E-state index is 14.2. The highest BCUT2D eigenvalue weighted by Crippen LogP contribution is 2.33. The minimum atomic E-state index is -0.894. The highest BCUT2D eigenvalue weighted by atomic mass is 79.9. The molecule has 2 aromatic carbocycles. The van der Waals surface area contributed by atoms with Crippen LogP contribution in [0.1, 0.15) is 29.7 Å². The Morgan fingerprint density at radius 3 is 2.57 bits per heavy atom. The van der Waals surface area contributed by atoms with Gasteiger partial charge in [-0.05, 0) is 43.2 Å². The van der Waals surface area contributed by atoms with E-state index in [4.69, 9.17) is 10.5 Å². The Morgan fingerprint density at radius 1 is 1.24 bits per heavy atom. The van der Waals surface area contributed by atoms with Crippen molar-refractivity contribution < 1.29 is 13.5 Å². The van der Waals surface area contributed by atoms with Gasteiger partial charge in [0.1, 0.15) is 17.4 Å². The van der Waals surface area contributed by atoms with E-state index >= 15 is 0 Å². The van der Waals surface area contributed by atoms with Gasteiger partial charge in [0.15, 0.2) is 0 Å². The first kappa shape index (κ1) is 15.9. The first-order valence-corrected chi connectivity index (χ1v) is 7.37. The van der Waals surface area contributed by atoms with Gasteiger partial charge >= 0.3 is 0 Å². The fourth-order valence-corrected chi connectivity index (χ4v) is 2.74. The summed E-state index contributed by atoms with van der Waals surface area (Å²) in [5, 5.41) is 0. The predicted octanol–water partition coefficient (Wildman–Crippen LogP) is 4.48. The van der Waals surface area contributed by atoms with E-state index < -0.39 is 17.7 Å². The highest BCUT2D eigenvalue weighted by molar-refractivity contribution is 9.10. The van der Waals surface area contributed by atoms with Gasteiger partial charge in [-0.3, -0.25) is 0 Å². The molecule has 5 heteroatoms. The largest absolute Gasteiger partial charge is 0.494 e. The van der Waals surface area contributed by atoms with Crippen molar-refractivity contribution in [2.24, 2.45) is 5.73 Å². The summed E-state index contributed by atoms with van der Waals surface area (Å²) >= 11 is 3.38. The van der Waals surface area contributed by atoms with Crippen molar-refractivity contribution >= 4 is 15.9 Å². The summed E-state index contributed by atoms with van der Waals surface area (Å²) in [6.07, 6.45) is 0. The van der Waals surface area contributed by atoms with Gasteiger partial charge in [-0.15, -0.1) is 0 Å². The first-order valence-electron chi connectivity index (χ1n) is 6.58. The molecule has 0 aliphatic heterocycles. The van der Waals surface area contributed by atoms with E-state index in [1.807, 2.05) is 6.92 Å². The number of benzene rings is 2. The summed E-state index contributed by atoms with van der Waals surface area (Å²) in [5.74, 6) is -0.583. The van der Waals surface area contributed by atoms with Crippen molar-refractivity contribution in [1.29, 1.82) is 0 Å². The van der Waals surface area contributed by atoms with Crippen molar-refractivity contribution in [1.82, 2.24) is 0 Å². The van der Waals surface area contributed by atoms with Crippen LogP contribution in [0.15, 0.2) is 34.8 Å². The molecule has 0 bridgehead atoms. The van der Waals surface area contributed by atoms with Gasteiger partial charge in [0.2, 0.25) is 0 Å². The van der Waals surface area contributed by atoms with Crippen LogP contribution in [0.4, 0.5) is 8.78 Å². The molecular weight excluding hydrogens is 340 g/mol. The van der Waals surface area contributed by atoms with E-state index in [9.17, 15) is 8.78 Å². The third kappa shape index (κ3) is 3.24. The van der Waals surface area contributed by atoms with Crippen molar-refractivity contribution in [3.8, 4) is 5.75 Å². The molecular formula is C16H16BrF2NO. The van der Waals surface area contributed by atoms with Crippen molar-refractivity contribution in [3.63, 3.8) is 0 Å². The van der Waals surface area contributed by atoms with Gasteiger partial charge in [-0.2, -0.15) is 0 Å². The molecule has 0 aliphatic carbocycles. The van der Waals surface area contributed by atoms with Gasteiger partial charge in [0, 0.05) is 10.0 Å². The van der Waals surface area contributed by atoms with Gasteiger partial charge in [0.25, 0.3) is 0 Å². The minimum Gasteiger partial charge on any atom is -0.494 e. The third-order valence-corrected chi connectivity index (χ3v) is 3.94. The Morgan fingerprint density at radius 2 is 1.95 bits per heavy atom. The molecule has 2 aromatic rings. The van der Waals surface area contributed by atoms with Crippen LogP contribution < -0.4 is 10.5 Å². The lowest BCUT2D eigenvalue weighted by Gasteiger charge is -2.17. The Kier molecular flexibility index (Phi) is 4.96. The summed E-state index contributed by atoms with van der Waals surface area (Å²) < 4.78 is 34.1. The third-order valence-electron chi connectivity index (χ3n) is 3.25. The maximum Gasteiger partial charge on any atom is 0.134 e. The molecule has 0 aromatic heterocycles. The molecule has 21 heavy (non-hydrogen) atoms. The Balaban J connectivity index is 2.45. The Bertz CT molecular complexity index is 661. The van der Waals surface area contributed by atoms with E-state index in [0.29, 0.717) is 28.0 Å². The summed E-state index contributed by atoms with van der Waals surface area (Å²) in [6.45, 7) is 4.00. The van der Waals surface area contributed by atoms with Gasteiger partial charge < -0.3 is 10.5 Å². The number of halogens is 3. The summed E-state index contributed by atoms with van der Waals surface area (Å²) in [5.41, 5.74) is 6.90. The maximum absolute atomic E-state index is 14.2. The molecule has 2 rings (SSSR count). The lowest BCUT2D eigenvalue weighted by atomic mass is 9.97. The van der Waals surface area contributed by atoms with Crippen LogP contribution in [-0.4, -0.2) is 6.61 Å². The van der Waals surface area contributed by atoms with E-state index in [-0.39, 0.29) is 5.56 Å². The molecule has 0 heterocycles. The SMILES string of the molecule is CCOc1ccc(C(N)c2c(F)ccc(C)c2F)c(Br)c1. The smallest absolute Gasteiger partial charge is 0.134 e. The lowest BCUT2D eigenvalue weighted by Crippen LogP contribution is -2.17. The van der Waals surface area contributed by atoms with Crippen LogP contribution in [-0.2, 0) is 0 Å². The molecule has 1 unspecified atom stereocenters. The van der Waals surface area contributed by atoms with Crippen LogP contribution >= 0.6 is 15.9 Å². The second kappa shape index (κ2) is 6.54. The highest BCUT2D eigenvalue weighted by Gasteiger charge is 2.21.